The molecule has 0 aliphatic carbocycles. The Kier molecular flexibility index (Phi) is 14.3. The van der Waals surface area contributed by atoms with Crippen molar-refractivity contribution < 1.29 is 38.0 Å². The van der Waals surface area contributed by atoms with Gasteiger partial charge in [0.1, 0.15) is 13.2 Å². The van der Waals surface area contributed by atoms with Gasteiger partial charge in [0.25, 0.3) is 5.78 Å². The Bertz CT molecular complexity index is 546. The summed E-state index contributed by atoms with van der Waals surface area (Å²) in [7, 11) is 0. The van der Waals surface area contributed by atoms with Crippen molar-refractivity contribution in [1.29, 1.82) is 0 Å². The van der Waals surface area contributed by atoms with E-state index in [0.29, 0.717) is 58.4 Å². The van der Waals surface area contributed by atoms with E-state index in [1.807, 2.05) is 0 Å². The predicted molar refractivity (Wildman–Crippen MR) is 101 cm³/mol. The topological polar surface area (TPSA) is 89.5 Å². The van der Waals surface area contributed by atoms with E-state index in [2.05, 4.69) is 6.58 Å². The molecule has 0 aliphatic heterocycles. The molecular weight excluding hydrogens is 368 g/mol. The van der Waals surface area contributed by atoms with Crippen molar-refractivity contribution >= 4 is 11.8 Å². The fraction of sp³-hybridized carbons (Fsp3) is 0.500. The first-order valence-corrected chi connectivity index (χ1v) is 9.05. The summed E-state index contributed by atoms with van der Waals surface area (Å²) in [6.07, 6.45) is 1.38. The molecule has 0 heterocycles. The van der Waals surface area contributed by atoms with Crippen molar-refractivity contribution in [2.75, 3.05) is 66.1 Å². The number of carbonyl (C=O) groups is 2. The largest absolute Gasteiger partial charge is 0.499 e. The zero-order valence-electron chi connectivity index (χ0n) is 16.0. The molecule has 0 aliphatic rings. The standard InChI is InChI=1S/C20H28O8/c1-2-23-8-9-24-10-11-25-12-13-26-14-15-27-16-17-28-20(22)19(21)18-6-4-3-5-7-18/h2-7H,1,8-17H2. The van der Waals surface area contributed by atoms with Crippen molar-refractivity contribution in [3.8, 4) is 0 Å². The zero-order chi connectivity index (χ0) is 20.3. The van der Waals surface area contributed by atoms with Gasteiger partial charge < -0.3 is 28.4 Å². The van der Waals surface area contributed by atoms with Crippen LogP contribution in [-0.2, 0) is 33.2 Å². The third kappa shape index (κ3) is 12.2. The van der Waals surface area contributed by atoms with Gasteiger partial charge in [0.05, 0.1) is 59.1 Å². The third-order valence-corrected chi connectivity index (χ3v) is 3.26. The summed E-state index contributed by atoms with van der Waals surface area (Å²) in [6.45, 7) is 7.27. The molecule has 0 saturated carbocycles. The Morgan fingerprint density at radius 1 is 0.714 bits per heavy atom. The minimum absolute atomic E-state index is 0.0123. The van der Waals surface area contributed by atoms with Crippen molar-refractivity contribution in [3.05, 3.63) is 48.7 Å². The summed E-state index contributed by atoms with van der Waals surface area (Å²) < 4.78 is 31.0. The number of Topliss-reactive ketones (excluding diaryl/α,β-unsaturated/α-hetero) is 1. The summed E-state index contributed by atoms with van der Waals surface area (Å²) in [5.74, 6) is -1.56. The highest BCUT2D eigenvalue weighted by molar-refractivity contribution is 6.40. The first-order chi connectivity index (χ1) is 13.8. The lowest BCUT2D eigenvalue weighted by Gasteiger charge is -2.08. The Labute approximate surface area is 165 Å². The maximum Gasteiger partial charge on any atom is 0.379 e. The lowest BCUT2D eigenvalue weighted by atomic mass is 10.1. The van der Waals surface area contributed by atoms with Crippen LogP contribution in [0.2, 0.25) is 0 Å². The van der Waals surface area contributed by atoms with Gasteiger partial charge in [-0.2, -0.15) is 0 Å². The highest BCUT2D eigenvalue weighted by Gasteiger charge is 2.16. The quantitative estimate of drug-likeness (QED) is 0.122. The van der Waals surface area contributed by atoms with Gasteiger partial charge in [-0.15, -0.1) is 0 Å². The van der Waals surface area contributed by atoms with Crippen LogP contribution in [0.5, 0.6) is 0 Å². The Morgan fingerprint density at radius 3 is 1.68 bits per heavy atom. The first kappa shape index (κ1) is 23.8. The summed E-state index contributed by atoms with van der Waals surface area (Å²) in [5.41, 5.74) is 0.303. The second-order valence-electron chi connectivity index (χ2n) is 5.32. The second kappa shape index (κ2) is 16.9. The molecule has 0 amide bonds. The van der Waals surface area contributed by atoms with Crippen LogP contribution in [0.25, 0.3) is 0 Å². The number of ether oxygens (including phenoxy) is 6. The van der Waals surface area contributed by atoms with E-state index in [0.717, 1.165) is 0 Å². The minimum atomic E-state index is -0.889. The van der Waals surface area contributed by atoms with E-state index in [9.17, 15) is 9.59 Å². The predicted octanol–water partition coefficient (Wildman–Crippen LogP) is 1.64. The lowest BCUT2D eigenvalue weighted by Crippen LogP contribution is -2.20. The summed E-state index contributed by atoms with van der Waals surface area (Å²) in [4.78, 5) is 23.4. The van der Waals surface area contributed by atoms with E-state index in [1.54, 1.807) is 30.3 Å². The maximum absolute atomic E-state index is 11.8. The van der Waals surface area contributed by atoms with Crippen molar-refractivity contribution in [2.24, 2.45) is 0 Å². The highest BCUT2D eigenvalue weighted by Crippen LogP contribution is 2.01. The number of benzene rings is 1. The lowest BCUT2D eigenvalue weighted by molar-refractivity contribution is -0.139. The molecule has 1 aromatic carbocycles. The van der Waals surface area contributed by atoms with Crippen LogP contribution in [0.1, 0.15) is 10.4 Å². The number of hydrogen-bond donors (Lipinski definition) is 0. The molecule has 0 bridgehead atoms. The molecule has 0 atom stereocenters. The molecule has 0 radical (unpaired) electrons. The fourth-order valence-corrected chi connectivity index (χ4v) is 1.92. The van der Waals surface area contributed by atoms with Gasteiger partial charge in [-0.3, -0.25) is 4.79 Å². The van der Waals surface area contributed by atoms with Crippen LogP contribution in [0.4, 0.5) is 0 Å². The Balaban J connectivity index is 1.83. The number of carbonyl (C=O) groups excluding carboxylic acids is 2. The molecule has 0 N–H and O–H groups in total. The van der Waals surface area contributed by atoms with Gasteiger partial charge in [-0.1, -0.05) is 36.9 Å². The van der Waals surface area contributed by atoms with Crippen molar-refractivity contribution in [3.63, 3.8) is 0 Å². The van der Waals surface area contributed by atoms with E-state index in [1.165, 1.54) is 6.26 Å². The van der Waals surface area contributed by atoms with E-state index in [-0.39, 0.29) is 13.2 Å². The van der Waals surface area contributed by atoms with E-state index in [4.69, 9.17) is 28.4 Å². The molecule has 0 saturated heterocycles. The molecule has 8 heteroatoms. The van der Waals surface area contributed by atoms with Gasteiger partial charge >= 0.3 is 5.97 Å². The van der Waals surface area contributed by atoms with E-state index >= 15 is 0 Å². The van der Waals surface area contributed by atoms with Crippen LogP contribution in [0.3, 0.4) is 0 Å². The number of esters is 1. The van der Waals surface area contributed by atoms with Gasteiger partial charge in [0.2, 0.25) is 0 Å². The Hall–Kier alpha value is -2.26. The molecule has 0 aromatic heterocycles. The van der Waals surface area contributed by atoms with Crippen LogP contribution < -0.4 is 0 Å². The number of hydrogen-bond acceptors (Lipinski definition) is 8. The van der Waals surface area contributed by atoms with Crippen molar-refractivity contribution in [1.82, 2.24) is 0 Å². The Morgan fingerprint density at radius 2 is 1.18 bits per heavy atom. The average Bonchev–Trinajstić information content (AvgIpc) is 2.73. The fourth-order valence-electron chi connectivity index (χ4n) is 1.92. The second-order valence-corrected chi connectivity index (χ2v) is 5.32. The molecule has 1 aromatic rings. The van der Waals surface area contributed by atoms with Crippen LogP contribution >= 0.6 is 0 Å². The van der Waals surface area contributed by atoms with Crippen LogP contribution in [0, 0.1) is 0 Å². The highest BCUT2D eigenvalue weighted by atomic mass is 16.6. The number of ketones is 1. The summed E-state index contributed by atoms with van der Waals surface area (Å²) >= 11 is 0. The summed E-state index contributed by atoms with van der Waals surface area (Å²) in [6, 6.07) is 8.26. The first-order valence-electron chi connectivity index (χ1n) is 9.05. The van der Waals surface area contributed by atoms with Gasteiger partial charge in [-0.25, -0.2) is 4.79 Å². The molecule has 28 heavy (non-hydrogen) atoms. The van der Waals surface area contributed by atoms with Crippen LogP contribution in [0.15, 0.2) is 43.2 Å². The molecule has 1 rings (SSSR count). The zero-order valence-corrected chi connectivity index (χ0v) is 16.0. The molecule has 0 spiro atoms. The van der Waals surface area contributed by atoms with E-state index < -0.39 is 11.8 Å². The molecular formula is C20H28O8. The van der Waals surface area contributed by atoms with Crippen LogP contribution in [-0.4, -0.2) is 77.8 Å². The molecule has 0 fully saturated rings. The molecule has 0 unspecified atom stereocenters. The van der Waals surface area contributed by atoms with Gasteiger partial charge in [-0.05, 0) is 0 Å². The maximum atomic E-state index is 11.8. The van der Waals surface area contributed by atoms with Gasteiger partial charge in [0, 0.05) is 5.56 Å². The smallest absolute Gasteiger partial charge is 0.379 e. The summed E-state index contributed by atoms with van der Waals surface area (Å²) in [5, 5.41) is 0. The van der Waals surface area contributed by atoms with Gasteiger partial charge in [0.15, 0.2) is 0 Å². The SMILES string of the molecule is C=COCCOCCOCCOCCOCCOC(=O)C(=O)c1ccccc1. The molecule has 8 nitrogen and oxygen atoms in total. The molecule has 156 valence electrons. The van der Waals surface area contributed by atoms with Crippen molar-refractivity contribution in [2.45, 2.75) is 0 Å². The monoisotopic (exact) mass is 396 g/mol. The normalized spacial score (nSPS) is 10.4. The third-order valence-electron chi connectivity index (χ3n) is 3.26. The minimum Gasteiger partial charge on any atom is -0.499 e. The number of rotatable bonds is 18. The average molecular weight is 396 g/mol.